The normalized spacial score (nSPS) is 9.55. The Bertz CT molecular complexity index is 1340. The summed E-state index contributed by atoms with van der Waals surface area (Å²) in [6.45, 7) is 16.2. The Kier molecular flexibility index (Phi) is 14.6. The van der Waals surface area contributed by atoms with Gasteiger partial charge in [-0.3, -0.25) is 0 Å². The first-order valence-corrected chi connectivity index (χ1v) is 14.5. The van der Waals surface area contributed by atoms with Crippen LogP contribution in [0.1, 0.15) is 55.5 Å². The summed E-state index contributed by atoms with van der Waals surface area (Å²) < 4.78 is 0. The summed E-state index contributed by atoms with van der Waals surface area (Å²) in [4.78, 5) is 0. The van der Waals surface area contributed by atoms with Crippen molar-refractivity contribution in [3.8, 4) is 22.3 Å². The lowest BCUT2D eigenvalue weighted by molar-refractivity contribution is 1.14. The number of hydrogen-bond acceptors (Lipinski definition) is 0. The maximum atomic E-state index is 3.69. The van der Waals surface area contributed by atoms with Crippen molar-refractivity contribution in [2.45, 2.75) is 54.4 Å². The van der Waals surface area contributed by atoms with E-state index < -0.39 is 0 Å². The third-order valence-electron chi connectivity index (χ3n) is 6.53. The average Bonchev–Trinajstić information content (AvgIpc) is 3.04. The van der Waals surface area contributed by atoms with Crippen molar-refractivity contribution in [1.29, 1.82) is 0 Å². The Morgan fingerprint density at radius 2 is 0.775 bits per heavy atom. The van der Waals surface area contributed by atoms with Gasteiger partial charge in [0, 0.05) is 0 Å². The highest BCUT2D eigenvalue weighted by molar-refractivity contribution is 5.64. The van der Waals surface area contributed by atoms with E-state index in [1.54, 1.807) is 0 Å². The van der Waals surface area contributed by atoms with E-state index in [1.165, 1.54) is 50.1 Å². The number of aryl methyl sites for hydroxylation is 4. The minimum atomic E-state index is 1.11. The van der Waals surface area contributed by atoms with E-state index in [1.807, 2.05) is 26.0 Å². The first-order valence-electron chi connectivity index (χ1n) is 14.5. The van der Waals surface area contributed by atoms with Gasteiger partial charge in [0.25, 0.3) is 0 Å². The van der Waals surface area contributed by atoms with Crippen molar-refractivity contribution >= 4 is 6.08 Å². The number of hydrogen-bond donors (Lipinski definition) is 0. The van der Waals surface area contributed by atoms with E-state index in [0.717, 1.165) is 12.8 Å². The first-order chi connectivity index (χ1) is 19.5. The lowest BCUT2D eigenvalue weighted by Gasteiger charge is -2.03. The molecule has 0 fully saturated rings. The second-order valence-corrected chi connectivity index (χ2v) is 9.45. The summed E-state index contributed by atoms with van der Waals surface area (Å²) in [5.41, 5.74) is 11.7. The van der Waals surface area contributed by atoms with Gasteiger partial charge >= 0.3 is 0 Å². The van der Waals surface area contributed by atoms with E-state index in [4.69, 9.17) is 0 Å². The zero-order chi connectivity index (χ0) is 29.2. The van der Waals surface area contributed by atoms with Crippen molar-refractivity contribution in [1.82, 2.24) is 0 Å². The second kappa shape index (κ2) is 18.2. The summed E-state index contributed by atoms with van der Waals surface area (Å²) in [6, 6.07) is 44.9. The molecule has 5 aromatic carbocycles. The maximum absolute atomic E-state index is 3.69. The molecule has 0 heteroatoms. The largest absolute Gasteiger partial charge is 0.0985 e. The zero-order valence-electron chi connectivity index (χ0n) is 25.3. The van der Waals surface area contributed by atoms with Gasteiger partial charge in [0.1, 0.15) is 0 Å². The van der Waals surface area contributed by atoms with Crippen molar-refractivity contribution in [3.63, 3.8) is 0 Å². The fourth-order valence-corrected chi connectivity index (χ4v) is 3.94. The molecule has 0 saturated heterocycles. The van der Waals surface area contributed by atoms with Crippen LogP contribution in [0.5, 0.6) is 0 Å². The van der Waals surface area contributed by atoms with Gasteiger partial charge in [-0.1, -0.05) is 179 Å². The molecule has 40 heavy (non-hydrogen) atoms. The van der Waals surface area contributed by atoms with Gasteiger partial charge in [-0.25, -0.2) is 0 Å². The lowest BCUT2D eigenvalue weighted by atomic mass is 10.0. The van der Waals surface area contributed by atoms with Crippen LogP contribution in [0.3, 0.4) is 0 Å². The molecule has 206 valence electrons. The Morgan fingerprint density at radius 3 is 1.12 bits per heavy atom. The molecule has 0 unspecified atom stereocenters. The van der Waals surface area contributed by atoms with Crippen LogP contribution in [0.2, 0.25) is 0 Å². The molecule has 0 bridgehead atoms. The third kappa shape index (κ3) is 10.9. The maximum Gasteiger partial charge on any atom is -0.0184 e. The molecule has 0 aromatic heterocycles. The molecule has 0 aliphatic carbocycles. The Labute approximate surface area is 244 Å². The molecule has 5 aromatic rings. The summed E-state index contributed by atoms with van der Waals surface area (Å²) in [5, 5.41) is 0. The quantitative estimate of drug-likeness (QED) is 0.214. The SMILES string of the molecule is C=Cc1ccc(CC)cc1.CC.CCc1ccc(-c2ccc(C)cc2)cc1.Cc1ccc(-c2ccccc2)cc1. The predicted octanol–water partition coefficient (Wildman–Crippen LogP) is 11.8. The smallest absolute Gasteiger partial charge is 0.0184 e. The fraction of sp³-hybridized carbons (Fsp3) is 0.200. The predicted molar refractivity (Wildman–Crippen MR) is 180 cm³/mol. The molecule has 0 atom stereocenters. The van der Waals surface area contributed by atoms with Crippen molar-refractivity contribution in [2.75, 3.05) is 0 Å². The minimum absolute atomic E-state index is 1.11. The fourth-order valence-electron chi connectivity index (χ4n) is 3.94. The molecule has 0 radical (unpaired) electrons. The van der Waals surface area contributed by atoms with Crippen LogP contribution in [0.25, 0.3) is 28.3 Å². The van der Waals surface area contributed by atoms with Gasteiger partial charge in [0.2, 0.25) is 0 Å². The molecule has 0 aliphatic heterocycles. The highest BCUT2D eigenvalue weighted by Gasteiger charge is 1.97. The van der Waals surface area contributed by atoms with Gasteiger partial charge in [-0.2, -0.15) is 0 Å². The van der Waals surface area contributed by atoms with Gasteiger partial charge < -0.3 is 0 Å². The standard InChI is InChI=1S/C15H16.C13H12.C10H12.C2H6/c1-3-13-6-10-15(11-7-13)14-8-4-12(2)5-9-14;1-11-7-9-13(10-8-11)12-5-3-2-4-6-12;1-3-9-5-7-10(4-2)8-6-9;1-2/h4-11H,3H2,1-2H3;2-10H,1H3;3,5-8H,1,4H2,2H3;1-2H3. The van der Waals surface area contributed by atoms with Crippen molar-refractivity contribution in [3.05, 3.63) is 162 Å². The van der Waals surface area contributed by atoms with Crippen molar-refractivity contribution < 1.29 is 0 Å². The molecular weight excluding hydrogens is 480 g/mol. The molecular formula is C40H46. The molecule has 0 amide bonds. The lowest BCUT2D eigenvalue weighted by Crippen LogP contribution is -1.81. The summed E-state index contributed by atoms with van der Waals surface area (Å²) in [6.07, 6.45) is 4.07. The monoisotopic (exact) mass is 526 g/mol. The molecule has 0 aliphatic rings. The van der Waals surface area contributed by atoms with E-state index in [9.17, 15) is 0 Å². The highest BCUT2D eigenvalue weighted by Crippen LogP contribution is 2.20. The molecule has 5 rings (SSSR count). The molecule has 0 heterocycles. The number of rotatable bonds is 5. The molecule has 0 spiro atoms. The van der Waals surface area contributed by atoms with Crippen LogP contribution in [0.4, 0.5) is 0 Å². The zero-order valence-corrected chi connectivity index (χ0v) is 25.3. The van der Waals surface area contributed by atoms with Gasteiger partial charge in [-0.05, 0) is 65.6 Å². The van der Waals surface area contributed by atoms with Crippen molar-refractivity contribution in [2.24, 2.45) is 0 Å². The van der Waals surface area contributed by atoms with Crippen LogP contribution < -0.4 is 0 Å². The summed E-state index contributed by atoms with van der Waals surface area (Å²) >= 11 is 0. The third-order valence-corrected chi connectivity index (χ3v) is 6.53. The molecule has 0 N–H and O–H groups in total. The summed E-state index contributed by atoms with van der Waals surface area (Å²) in [5.74, 6) is 0. The van der Waals surface area contributed by atoms with Crippen LogP contribution in [0.15, 0.2) is 134 Å². The average molecular weight is 527 g/mol. The first kappa shape index (κ1) is 32.1. The Hall–Kier alpha value is -4.16. The van der Waals surface area contributed by atoms with Gasteiger partial charge in [-0.15, -0.1) is 0 Å². The topological polar surface area (TPSA) is 0 Å². The van der Waals surface area contributed by atoms with E-state index in [0.29, 0.717) is 0 Å². The van der Waals surface area contributed by atoms with Crippen LogP contribution in [-0.4, -0.2) is 0 Å². The number of benzene rings is 5. The highest BCUT2D eigenvalue weighted by atomic mass is 14.0. The van der Waals surface area contributed by atoms with Crippen LogP contribution in [-0.2, 0) is 12.8 Å². The van der Waals surface area contributed by atoms with E-state index in [-0.39, 0.29) is 0 Å². The Morgan fingerprint density at radius 1 is 0.450 bits per heavy atom. The van der Waals surface area contributed by atoms with Crippen LogP contribution in [0, 0.1) is 13.8 Å². The molecule has 0 nitrogen and oxygen atoms in total. The van der Waals surface area contributed by atoms with Gasteiger partial charge in [0.15, 0.2) is 0 Å². The second-order valence-electron chi connectivity index (χ2n) is 9.45. The van der Waals surface area contributed by atoms with Crippen LogP contribution >= 0.6 is 0 Å². The molecule has 0 saturated carbocycles. The summed E-state index contributed by atoms with van der Waals surface area (Å²) in [7, 11) is 0. The van der Waals surface area contributed by atoms with Gasteiger partial charge in [0.05, 0.1) is 0 Å². The minimum Gasteiger partial charge on any atom is -0.0985 e. The van der Waals surface area contributed by atoms with E-state index in [2.05, 4.69) is 156 Å². The van der Waals surface area contributed by atoms with E-state index >= 15 is 0 Å². The Balaban J connectivity index is 0.000000207.